The molecular weight excluding hydrogens is 190 g/mol. The summed E-state index contributed by atoms with van der Waals surface area (Å²) >= 11 is 6.36. The molecule has 1 aromatic heterocycles. The van der Waals surface area contributed by atoms with Crippen molar-refractivity contribution in [2.45, 2.75) is 19.9 Å². The lowest BCUT2D eigenvalue weighted by Gasteiger charge is -1.98. The van der Waals surface area contributed by atoms with Crippen molar-refractivity contribution >= 4 is 28.7 Å². The van der Waals surface area contributed by atoms with Crippen molar-refractivity contribution in [3.05, 3.63) is 16.1 Å². The Morgan fingerprint density at radius 3 is 3.08 bits per heavy atom. The van der Waals surface area contributed by atoms with Crippen molar-refractivity contribution in [3.63, 3.8) is 0 Å². The molecule has 0 saturated carbocycles. The number of nitrogens with one attached hydrogen (secondary N) is 1. The number of hydrogen-bond acceptors (Lipinski definition) is 3. The maximum absolute atomic E-state index is 5.28. The van der Waals surface area contributed by atoms with Crippen LogP contribution < -0.4 is 11.1 Å². The molecule has 3 N–H and O–H groups in total. The van der Waals surface area contributed by atoms with Crippen LogP contribution in [0.1, 0.15) is 16.8 Å². The Labute approximate surface area is 81.0 Å². The summed E-state index contributed by atoms with van der Waals surface area (Å²) < 4.78 is 0. The summed E-state index contributed by atoms with van der Waals surface area (Å²) in [5, 5.41) is 4.21. The van der Waals surface area contributed by atoms with Crippen molar-refractivity contribution in [1.29, 1.82) is 0 Å². The lowest BCUT2D eigenvalue weighted by Crippen LogP contribution is -2.28. The number of aryl methyl sites for hydroxylation is 1. The van der Waals surface area contributed by atoms with E-state index in [1.807, 2.05) is 6.20 Å². The molecule has 3 nitrogen and oxygen atoms in total. The molecule has 0 amide bonds. The van der Waals surface area contributed by atoms with Gasteiger partial charge in [0.25, 0.3) is 0 Å². The Bertz CT molecular complexity index is 269. The van der Waals surface area contributed by atoms with Gasteiger partial charge in [0.1, 0.15) is 5.01 Å². The maximum atomic E-state index is 5.28. The fraction of sp³-hybridized carbons (Fsp3) is 0.429. The Morgan fingerprint density at radius 2 is 2.58 bits per heavy atom. The van der Waals surface area contributed by atoms with E-state index in [9.17, 15) is 0 Å². The quantitative estimate of drug-likeness (QED) is 0.717. The summed E-state index contributed by atoms with van der Waals surface area (Å²) in [6, 6.07) is 0. The predicted octanol–water partition coefficient (Wildman–Crippen LogP) is 1.04. The predicted molar refractivity (Wildman–Crippen MR) is 55.1 cm³/mol. The van der Waals surface area contributed by atoms with Crippen LogP contribution in [-0.2, 0) is 13.0 Å². The van der Waals surface area contributed by atoms with Crippen LogP contribution in [0.2, 0.25) is 0 Å². The monoisotopic (exact) mass is 201 g/mol. The number of nitrogens with zero attached hydrogens (tertiary/aromatic N) is 1. The highest BCUT2D eigenvalue weighted by Crippen LogP contribution is 2.12. The van der Waals surface area contributed by atoms with E-state index < -0.39 is 0 Å². The average Bonchev–Trinajstić information content (AvgIpc) is 2.48. The average molecular weight is 201 g/mol. The van der Waals surface area contributed by atoms with Crippen molar-refractivity contribution < 1.29 is 0 Å². The topological polar surface area (TPSA) is 50.9 Å². The first-order valence-electron chi connectivity index (χ1n) is 3.69. The molecule has 12 heavy (non-hydrogen) atoms. The van der Waals surface area contributed by atoms with Gasteiger partial charge in [0.15, 0.2) is 5.11 Å². The van der Waals surface area contributed by atoms with Gasteiger partial charge in [-0.25, -0.2) is 4.98 Å². The SMILES string of the molecule is CCc1cnc(CNC(N)=S)s1. The zero-order valence-electron chi connectivity index (χ0n) is 6.83. The molecule has 0 radical (unpaired) electrons. The molecule has 0 fully saturated rings. The Balaban J connectivity index is 2.47. The minimum absolute atomic E-state index is 0.322. The summed E-state index contributed by atoms with van der Waals surface area (Å²) in [7, 11) is 0. The third-order valence-corrected chi connectivity index (χ3v) is 2.65. The summed E-state index contributed by atoms with van der Waals surface area (Å²) in [5.74, 6) is 0. The third kappa shape index (κ3) is 2.75. The second kappa shape index (κ2) is 4.37. The molecule has 0 unspecified atom stereocenters. The van der Waals surface area contributed by atoms with Crippen LogP contribution in [0.15, 0.2) is 6.20 Å². The van der Waals surface area contributed by atoms with Gasteiger partial charge < -0.3 is 11.1 Å². The molecule has 0 atom stereocenters. The fourth-order valence-corrected chi connectivity index (χ4v) is 1.63. The summed E-state index contributed by atoms with van der Waals surface area (Å²) in [5.41, 5.74) is 5.28. The lowest BCUT2D eigenvalue weighted by atomic mass is 10.4. The third-order valence-electron chi connectivity index (χ3n) is 1.36. The standard InChI is InChI=1S/C7H11N3S2/c1-2-5-3-9-6(12-5)4-10-7(8)11/h3H,2,4H2,1H3,(H3,8,10,11). The Morgan fingerprint density at radius 1 is 1.83 bits per heavy atom. The van der Waals surface area contributed by atoms with Gasteiger partial charge in [-0.3, -0.25) is 0 Å². The molecule has 0 bridgehead atoms. The van der Waals surface area contributed by atoms with Crippen molar-refractivity contribution in [3.8, 4) is 0 Å². The molecule has 1 aromatic rings. The minimum atomic E-state index is 0.322. The molecule has 0 aliphatic carbocycles. The smallest absolute Gasteiger partial charge is 0.163 e. The first-order chi connectivity index (χ1) is 5.72. The van der Waals surface area contributed by atoms with Gasteiger partial charge in [-0.1, -0.05) is 6.92 Å². The van der Waals surface area contributed by atoms with E-state index >= 15 is 0 Å². The highest BCUT2D eigenvalue weighted by Gasteiger charge is 1.99. The molecule has 1 heterocycles. The number of hydrogen-bond donors (Lipinski definition) is 2. The van der Waals surface area contributed by atoms with E-state index in [1.165, 1.54) is 4.88 Å². The molecule has 0 aliphatic rings. The van der Waals surface area contributed by atoms with Gasteiger partial charge in [-0.2, -0.15) is 0 Å². The highest BCUT2D eigenvalue weighted by molar-refractivity contribution is 7.80. The second-order valence-corrected chi connectivity index (χ2v) is 3.93. The van der Waals surface area contributed by atoms with Gasteiger partial charge in [0.2, 0.25) is 0 Å². The summed E-state index contributed by atoms with van der Waals surface area (Å²) in [4.78, 5) is 5.49. The van der Waals surface area contributed by atoms with Crippen molar-refractivity contribution in [2.75, 3.05) is 0 Å². The van der Waals surface area contributed by atoms with Crippen LogP contribution in [0.4, 0.5) is 0 Å². The lowest BCUT2D eigenvalue weighted by molar-refractivity contribution is 0.905. The van der Waals surface area contributed by atoms with Crippen LogP contribution in [-0.4, -0.2) is 10.1 Å². The molecule has 1 rings (SSSR count). The normalized spacial score (nSPS) is 9.75. The molecule has 0 saturated heterocycles. The summed E-state index contributed by atoms with van der Waals surface area (Å²) in [6.45, 7) is 2.75. The van der Waals surface area contributed by atoms with E-state index in [0.29, 0.717) is 11.7 Å². The van der Waals surface area contributed by atoms with Crippen LogP contribution in [0.25, 0.3) is 0 Å². The highest BCUT2D eigenvalue weighted by atomic mass is 32.1. The van der Waals surface area contributed by atoms with Gasteiger partial charge in [-0.05, 0) is 18.6 Å². The molecule has 0 aromatic carbocycles. The van der Waals surface area contributed by atoms with E-state index in [0.717, 1.165) is 11.4 Å². The maximum Gasteiger partial charge on any atom is 0.163 e. The van der Waals surface area contributed by atoms with Crippen molar-refractivity contribution in [1.82, 2.24) is 10.3 Å². The first-order valence-corrected chi connectivity index (χ1v) is 4.91. The number of thiocarbonyl (C=S) groups is 1. The van der Waals surface area contributed by atoms with Gasteiger partial charge in [0, 0.05) is 11.1 Å². The molecule has 0 aliphatic heterocycles. The summed E-state index contributed by atoms with van der Waals surface area (Å²) in [6.07, 6.45) is 2.92. The second-order valence-electron chi connectivity index (χ2n) is 2.29. The van der Waals surface area contributed by atoms with Crippen LogP contribution in [0.5, 0.6) is 0 Å². The largest absolute Gasteiger partial charge is 0.376 e. The zero-order chi connectivity index (χ0) is 8.97. The van der Waals surface area contributed by atoms with E-state index in [4.69, 9.17) is 5.73 Å². The fourth-order valence-electron chi connectivity index (χ4n) is 0.756. The molecule has 0 spiro atoms. The van der Waals surface area contributed by atoms with Gasteiger partial charge >= 0.3 is 0 Å². The van der Waals surface area contributed by atoms with E-state index in [-0.39, 0.29) is 0 Å². The number of rotatable bonds is 3. The van der Waals surface area contributed by atoms with E-state index in [1.54, 1.807) is 11.3 Å². The number of thiazole rings is 1. The van der Waals surface area contributed by atoms with Crippen LogP contribution >= 0.6 is 23.6 Å². The van der Waals surface area contributed by atoms with Gasteiger partial charge in [0.05, 0.1) is 6.54 Å². The molecular formula is C7H11N3S2. The van der Waals surface area contributed by atoms with Crippen LogP contribution in [0, 0.1) is 0 Å². The first kappa shape index (κ1) is 9.41. The number of nitrogens with two attached hydrogens (primary N) is 1. The van der Waals surface area contributed by atoms with Crippen LogP contribution in [0.3, 0.4) is 0 Å². The zero-order valence-corrected chi connectivity index (χ0v) is 8.47. The Hall–Kier alpha value is -0.680. The molecule has 66 valence electrons. The number of aromatic nitrogens is 1. The minimum Gasteiger partial charge on any atom is -0.376 e. The Kier molecular flexibility index (Phi) is 3.43. The van der Waals surface area contributed by atoms with Gasteiger partial charge in [-0.15, -0.1) is 11.3 Å². The van der Waals surface area contributed by atoms with Crippen molar-refractivity contribution in [2.24, 2.45) is 5.73 Å². The molecule has 5 heteroatoms. The van der Waals surface area contributed by atoms with E-state index in [2.05, 4.69) is 29.4 Å².